The molecule has 4 aromatic rings. The summed E-state index contributed by atoms with van der Waals surface area (Å²) in [7, 11) is 1.32. The Kier molecular flexibility index (Phi) is 10.5. The van der Waals surface area contributed by atoms with Crippen LogP contribution < -0.4 is 26.5 Å². The van der Waals surface area contributed by atoms with E-state index in [4.69, 9.17) is 0 Å². The first kappa shape index (κ1) is 25.7. The molecule has 1 N–H and O–H groups in total. The number of likely N-dealkylation sites (N-methyl/N-ethyl adjacent to an activating group) is 1. The molecular formula is C31H36N2P2. The first-order valence-corrected chi connectivity index (χ1v) is 15.5. The van der Waals surface area contributed by atoms with Crippen LogP contribution in [0, 0.1) is 0 Å². The summed E-state index contributed by atoms with van der Waals surface area (Å²) in [4.78, 5) is 2.68. The largest absolute Gasteiger partial charge is 0.318 e. The highest BCUT2D eigenvalue weighted by Gasteiger charge is 2.18. The number of rotatable bonds is 13. The molecule has 4 rings (SSSR count). The predicted octanol–water partition coefficient (Wildman–Crippen LogP) is 4.77. The molecule has 0 aliphatic rings. The molecule has 0 aliphatic heterocycles. The molecule has 2 nitrogen and oxygen atoms in total. The molecule has 4 heteroatoms. The smallest absolute Gasteiger partial charge is 0.0107 e. The molecule has 0 saturated carbocycles. The number of hydrogen-bond acceptors (Lipinski definition) is 2. The number of hydrogen-bond donors (Lipinski definition) is 1. The number of benzene rings is 4. The van der Waals surface area contributed by atoms with Crippen LogP contribution in [0.5, 0.6) is 0 Å². The second-order valence-corrected chi connectivity index (χ2v) is 13.3. The van der Waals surface area contributed by atoms with Gasteiger partial charge in [-0.25, -0.2) is 0 Å². The van der Waals surface area contributed by atoms with Gasteiger partial charge in [-0.15, -0.1) is 0 Å². The summed E-state index contributed by atoms with van der Waals surface area (Å²) in [6.45, 7) is 4.33. The van der Waals surface area contributed by atoms with Crippen molar-refractivity contribution in [3.63, 3.8) is 0 Å². The first-order chi connectivity index (χ1) is 17.3. The molecule has 0 aromatic heterocycles. The summed E-state index contributed by atoms with van der Waals surface area (Å²) in [6.07, 6.45) is 2.36. The molecule has 0 spiro atoms. The molecule has 0 amide bonds. The molecule has 0 unspecified atom stereocenters. The highest BCUT2D eigenvalue weighted by atomic mass is 31.1. The van der Waals surface area contributed by atoms with Gasteiger partial charge in [0.25, 0.3) is 0 Å². The Morgan fingerprint density at radius 1 is 0.486 bits per heavy atom. The van der Waals surface area contributed by atoms with Gasteiger partial charge in [0.1, 0.15) is 0 Å². The Balaban J connectivity index is 1.49. The highest BCUT2D eigenvalue weighted by Crippen LogP contribution is 2.35. The highest BCUT2D eigenvalue weighted by molar-refractivity contribution is 7.73. The Hall–Kier alpha value is -2.34. The zero-order valence-electron chi connectivity index (χ0n) is 20.6. The van der Waals surface area contributed by atoms with Crippen LogP contribution in [0.3, 0.4) is 0 Å². The van der Waals surface area contributed by atoms with Crippen LogP contribution in [0.2, 0.25) is 0 Å². The van der Waals surface area contributed by atoms with Crippen molar-refractivity contribution in [3.8, 4) is 0 Å². The SMILES string of the molecule is CNCCN(CCP(c1ccccc1)c1ccccc1)CCP(c1ccccc1)c1ccccc1. The van der Waals surface area contributed by atoms with E-state index in [0.29, 0.717) is 0 Å². The Bertz CT molecular complexity index is 926. The topological polar surface area (TPSA) is 15.3 Å². The molecular weight excluding hydrogens is 462 g/mol. The molecule has 35 heavy (non-hydrogen) atoms. The average Bonchev–Trinajstić information content (AvgIpc) is 2.94. The van der Waals surface area contributed by atoms with Gasteiger partial charge < -0.3 is 10.2 Å². The van der Waals surface area contributed by atoms with E-state index >= 15 is 0 Å². The average molecular weight is 499 g/mol. The van der Waals surface area contributed by atoms with Crippen molar-refractivity contribution in [2.75, 3.05) is 45.6 Å². The van der Waals surface area contributed by atoms with E-state index in [9.17, 15) is 0 Å². The lowest BCUT2D eigenvalue weighted by Gasteiger charge is -2.28. The zero-order chi connectivity index (χ0) is 24.1. The summed E-state index contributed by atoms with van der Waals surface area (Å²) in [5.74, 6) is 0. The van der Waals surface area contributed by atoms with E-state index < -0.39 is 0 Å². The van der Waals surface area contributed by atoms with Crippen molar-refractivity contribution in [2.24, 2.45) is 0 Å². The van der Waals surface area contributed by atoms with Crippen LogP contribution in [0.4, 0.5) is 0 Å². The van der Waals surface area contributed by atoms with Crippen molar-refractivity contribution >= 4 is 37.1 Å². The molecule has 0 aliphatic carbocycles. The fraction of sp³-hybridized carbons (Fsp3) is 0.226. The van der Waals surface area contributed by atoms with Gasteiger partial charge in [-0.3, -0.25) is 0 Å². The van der Waals surface area contributed by atoms with Crippen LogP contribution in [-0.4, -0.2) is 50.5 Å². The van der Waals surface area contributed by atoms with Gasteiger partial charge >= 0.3 is 0 Å². The van der Waals surface area contributed by atoms with E-state index in [1.54, 1.807) is 0 Å². The lowest BCUT2D eigenvalue weighted by atomic mass is 10.4. The standard InChI is InChI=1S/C31H36N2P2/c1-32-22-23-33(24-26-34(28-14-6-2-7-15-28)29-16-8-3-9-17-29)25-27-35(30-18-10-4-11-19-30)31-20-12-5-13-21-31/h2-21,32H,22-27H2,1H3. The van der Waals surface area contributed by atoms with Gasteiger partial charge in [0.05, 0.1) is 0 Å². The summed E-state index contributed by atoms with van der Waals surface area (Å²) in [6, 6.07) is 44.4. The maximum Gasteiger partial charge on any atom is 0.0107 e. The molecule has 0 fully saturated rings. The minimum atomic E-state index is -0.369. The third kappa shape index (κ3) is 7.83. The molecule has 4 aromatic carbocycles. The van der Waals surface area contributed by atoms with Gasteiger partial charge in [0, 0.05) is 26.2 Å². The fourth-order valence-electron chi connectivity index (χ4n) is 4.33. The maximum atomic E-state index is 3.37. The fourth-order valence-corrected chi connectivity index (χ4v) is 9.06. The summed E-state index contributed by atoms with van der Waals surface area (Å²) < 4.78 is 0. The van der Waals surface area contributed by atoms with Crippen LogP contribution in [0.15, 0.2) is 121 Å². The van der Waals surface area contributed by atoms with Gasteiger partial charge in [0.15, 0.2) is 0 Å². The molecule has 0 heterocycles. The molecule has 0 atom stereocenters. The van der Waals surface area contributed by atoms with Crippen molar-refractivity contribution < 1.29 is 0 Å². The quantitative estimate of drug-likeness (QED) is 0.267. The minimum absolute atomic E-state index is 0.369. The Morgan fingerprint density at radius 3 is 1.09 bits per heavy atom. The Morgan fingerprint density at radius 2 is 0.800 bits per heavy atom. The monoisotopic (exact) mass is 498 g/mol. The van der Waals surface area contributed by atoms with E-state index in [1.165, 1.54) is 33.5 Å². The molecule has 0 bridgehead atoms. The number of nitrogens with one attached hydrogen (secondary N) is 1. The third-order valence-electron chi connectivity index (χ3n) is 6.23. The van der Waals surface area contributed by atoms with Crippen LogP contribution >= 0.6 is 15.8 Å². The van der Waals surface area contributed by atoms with Crippen molar-refractivity contribution in [3.05, 3.63) is 121 Å². The second-order valence-electron chi connectivity index (χ2n) is 8.59. The van der Waals surface area contributed by atoms with Crippen molar-refractivity contribution in [1.29, 1.82) is 0 Å². The second kappa shape index (κ2) is 14.3. The van der Waals surface area contributed by atoms with Crippen LogP contribution in [0.1, 0.15) is 0 Å². The van der Waals surface area contributed by atoms with Crippen molar-refractivity contribution in [1.82, 2.24) is 10.2 Å². The lowest BCUT2D eigenvalue weighted by molar-refractivity contribution is 0.310. The van der Waals surface area contributed by atoms with E-state index in [0.717, 1.165) is 26.2 Å². The Labute approximate surface area is 213 Å². The minimum Gasteiger partial charge on any atom is -0.318 e. The van der Waals surface area contributed by atoms with Crippen LogP contribution in [-0.2, 0) is 0 Å². The van der Waals surface area contributed by atoms with Gasteiger partial charge in [-0.05, 0) is 56.4 Å². The van der Waals surface area contributed by atoms with Gasteiger partial charge in [-0.1, -0.05) is 121 Å². The molecule has 180 valence electrons. The van der Waals surface area contributed by atoms with E-state index in [2.05, 4.69) is 139 Å². The van der Waals surface area contributed by atoms with E-state index in [1.807, 2.05) is 0 Å². The number of nitrogens with zero attached hydrogens (tertiary/aromatic N) is 1. The molecule has 0 saturated heterocycles. The molecule has 0 radical (unpaired) electrons. The van der Waals surface area contributed by atoms with Crippen LogP contribution in [0.25, 0.3) is 0 Å². The van der Waals surface area contributed by atoms with Crippen molar-refractivity contribution in [2.45, 2.75) is 0 Å². The summed E-state index contributed by atoms with van der Waals surface area (Å²) in [5, 5.41) is 9.25. The third-order valence-corrected chi connectivity index (χ3v) is 11.2. The lowest BCUT2D eigenvalue weighted by Crippen LogP contribution is -2.36. The van der Waals surface area contributed by atoms with Gasteiger partial charge in [0.2, 0.25) is 0 Å². The normalized spacial score (nSPS) is 11.4. The van der Waals surface area contributed by atoms with E-state index in [-0.39, 0.29) is 15.8 Å². The van der Waals surface area contributed by atoms with Gasteiger partial charge in [-0.2, -0.15) is 0 Å². The first-order valence-electron chi connectivity index (χ1n) is 12.5. The predicted molar refractivity (Wildman–Crippen MR) is 158 cm³/mol. The maximum absolute atomic E-state index is 3.37. The summed E-state index contributed by atoms with van der Waals surface area (Å²) in [5.41, 5.74) is 0. The summed E-state index contributed by atoms with van der Waals surface area (Å²) >= 11 is 0. The zero-order valence-corrected chi connectivity index (χ0v) is 22.4.